The molecule has 0 aliphatic carbocycles. The SMILES string of the molecule is COCc1ccc(CNCc2cccnc2N2CCCC(O)C2)o1. The number of nitrogens with zero attached hydrogens (tertiary/aromatic N) is 2. The maximum atomic E-state index is 9.89. The van der Waals surface area contributed by atoms with E-state index in [-0.39, 0.29) is 6.10 Å². The number of β-amino-alcohol motifs (C(OH)–C–C–N with tert-alkyl or cyclic N) is 1. The minimum Gasteiger partial charge on any atom is -0.462 e. The quantitative estimate of drug-likeness (QED) is 0.809. The molecule has 0 bridgehead atoms. The number of anilines is 1. The van der Waals surface area contributed by atoms with Gasteiger partial charge in [0.05, 0.1) is 12.6 Å². The van der Waals surface area contributed by atoms with Gasteiger partial charge in [-0.25, -0.2) is 4.98 Å². The van der Waals surface area contributed by atoms with Crippen molar-refractivity contribution in [3.05, 3.63) is 47.5 Å². The molecule has 6 nitrogen and oxygen atoms in total. The first-order valence-electron chi connectivity index (χ1n) is 8.40. The van der Waals surface area contributed by atoms with Crippen LogP contribution in [0.15, 0.2) is 34.9 Å². The summed E-state index contributed by atoms with van der Waals surface area (Å²) in [5, 5.41) is 13.3. The van der Waals surface area contributed by atoms with E-state index in [1.165, 1.54) is 0 Å². The van der Waals surface area contributed by atoms with Gasteiger partial charge in [-0.3, -0.25) is 0 Å². The zero-order chi connectivity index (χ0) is 16.8. The van der Waals surface area contributed by atoms with E-state index in [1.807, 2.05) is 24.4 Å². The van der Waals surface area contributed by atoms with Crippen molar-refractivity contribution < 1.29 is 14.3 Å². The Morgan fingerprint density at radius 2 is 2.21 bits per heavy atom. The zero-order valence-electron chi connectivity index (χ0n) is 14.1. The van der Waals surface area contributed by atoms with Crippen LogP contribution in [0.2, 0.25) is 0 Å². The molecule has 2 aromatic heterocycles. The fraction of sp³-hybridized carbons (Fsp3) is 0.500. The average Bonchev–Trinajstić information content (AvgIpc) is 3.03. The van der Waals surface area contributed by atoms with Crippen molar-refractivity contribution >= 4 is 5.82 Å². The number of piperidine rings is 1. The molecular weight excluding hydrogens is 306 g/mol. The Balaban J connectivity index is 1.58. The van der Waals surface area contributed by atoms with Crippen LogP contribution >= 0.6 is 0 Å². The van der Waals surface area contributed by atoms with Crippen molar-refractivity contribution in [3.8, 4) is 0 Å². The second-order valence-corrected chi connectivity index (χ2v) is 6.13. The molecule has 0 saturated carbocycles. The first kappa shape index (κ1) is 17.0. The largest absolute Gasteiger partial charge is 0.462 e. The van der Waals surface area contributed by atoms with Gasteiger partial charge < -0.3 is 24.5 Å². The smallest absolute Gasteiger partial charge is 0.133 e. The van der Waals surface area contributed by atoms with Crippen LogP contribution < -0.4 is 10.2 Å². The van der Waals surface area contributed by atoms with E-state index in [2.05, 4.69) is 21.3 Å². The number of nitrogens with one attached hydrogen (secondary N) is 1. The number of hydrogen-bond donors (Lipinski definition) is 2. The molecule has 0 spiro atoms. The van der Waals surface area contributed by atoms with E-state index >= 15 is 0 Å². The number of rotatable bonds is 7. The van der Waals surface area contributed by atoms with Crippen LogP contribution in [0.5, 0.6) is 0 Å². The van der Waals surface area contributed by atoms with Crippen LogP contribution in [0, 0.1) is 0 Å². The van der Waals surface area contributed by atoms with E-state index in [0.29, 0.717) is 26.2 Å². The third kappa shape index (κ3) is 4.35. The second-order valence-electron chi connectivity index (χ2n) is 6.13. The topological polar surface area (TPSA) is 70.8 Å². The van der Waals surface area contributed by atoms with Gasteiger partial charge in [0, 0.05) is 38.5 Å². The monoisotopic (exact) mass is 331 g/mol. The number of ether oxygens (including phenoxy) is 1. The molecule has 0 aromatic carbocycles. The van der Waals surface area contributed by atoms with Gasteiger partial charge in [0.25, 0.3) is 0 Å². The lowest BCUT2D eigenvalue weighted by Crippen LogP contribution is -2.39. The molecule has 0 radical (unpaired) electrons. The Hall–Kier alpha value is -1.89. The molecule has 1 unspecified atom stereocenters. The third-order valence-corrected chi connectivity index (χ3v) is 4.18. The molecule has 1 atom stereocenters. The number of aliphatic hydroxyl groups is 1. The molecule has 3 rings (SSSR count). The molecule has 2 aromatic rings. The lowest BCUT2D eigenvalue weighted by molar-refractivity contribution is 0.153. The number of hydrogen-bond acceptors (Lipinski definition) is 6. The Bertz CT molecular complexity index is 644. The molecule has 0 amide bonds. The molecular formula is C18H25N3O3. The summed E-state index contributed by atoms with van der Waals surface area (Å²) in [5.74, 6) is 2.68. The third-order valence-electron chi connectivity index (χ3n) is 4.18. The van der Waals surface area contributed by atoms with Crippen molar-refractivity contribution in [1.82, 2.24) is 10.3 Å². The van der Waals surface area contributed by atoms with Crippen molar-refractivity contribution in [2.45, 2.75) is 38.6 Å². The van der Waals surface area contributed by atoms with Gasteiger partial charge in [-0.1, -0.05) is 6.07 Å². The van der Waals surface area contributed by atoms with Gasteiger partial charge >= 0.3 is 0 Å². The van der Waals surface area contributed by atoms with E-state index in [9.17, 15) is 5.11 Å². The van der Waals surface area contributed by atoms with E-state index in [1.54, 1.807) is 7.11 Å². The summed E-state index contributed by atoms with van der Waals surface area (Å²) in [6.45, 7) is 3.45. The summed E-state index contributed by atoms with van der Waals surface area (Å²) in [6.07, 6.45) is 3.42. The van der Waals surface area contributed by atoms with Crippen molar-refractivity contribution in [2.24, 2.45) is 0 Å². The maximum Gasteiger partial charge on any atom is 0.133 e. The Morgan fingerprint density at radius 3 is 3.04 bits per heavy atom. The molecule has 1 saturated heterocycles. The zero-order valence-corrected chi connectivity index (χ0v) is 14.1. The van der Waals surface area contributed by atoms with Crippen molar-refractivity contribution in [1.29, 1.82) is 0 Å². The Kier molecular flexibility index (Phi) is 5.85. The number of furan rings is 1. The number of methoxy groups -OCH3 is 1. The molecule has 3 heterocycles. The highest BCUT2D eigenvalue weighted by Gasteiger charge is 2.20. The minimum absolute atomic E-state index is 0.260. The predicted octanol–water partition coefficient (Wildman–Crippen LogP) is 2.07. The van der Waals surface area contributed by atoms with Crippen LogP contribution in [-0.4, -0.2) is 36.4 Å². The summed E-state index contributed by atoms with van der Waals surface area (Å²) in [4.78, 5) is 6.70. The first-order valence-corrected chi connectivity index (χ1v) is 8.40. The summed E-state index contributed by atoms with van der Waals surface area (Å²) in [5.41, 5.74) is 1.13. The van der Waals surface area contributed by atoms with Gasteiger partial charge in [-0.05, 0) is 31.0 Å². The van der Waals surface area contributed by atoms with Gasteiger partial charge in [-0.15, -0.1) is 0 Å². The number of aliphatic hydroxyl groups excluding tert-OH is 1. The van der Waals surface area contributed by atoms with E-state index < -0.39 is 0 Å². The Labute approximate surface area is 142 Å². The number of aromatic nitrogens is 1. The normalized spacial score (nSPS) is 18.1. The summed E-state index contributed by atoms with van der Waals surface area (Å²) >= 11 is 0. The fourth-order valence-corrected chi connectivity index (χ4v) is 3.06. The highest BCUT2D eigenvalue weighted by Crippen LogP contribution is 2.22. The fourth-order valence-electron chi connectivity index (χ4n) is 3.06. The van der Waals surface area contributed by atoms with Crippen molar-refractivity contribution in [2.75, 3.05) is 25.1 Å². The van der Waals surface area contributed by atoms with Gasteiger partial charge in [0.15, 0.2) is 0 Å². The van der Waals surface area contributed by atoms with Crippen LogP contribution in [0.4, 0.5) is 5.82 Å². The van der Waals surface area contributed by atoms with E-state index in [4.69, 9.17) is 9.15 Å². The number of pyridine rings is 1. The first-order chi connectivity index (χ1) is 11.8. The van der Waals surface area contributed by atoms with Crippen LogP contribution in [0.1, 0.15) is 29.9 Å². The lowest BCUT2D eigenvalue weighted by Gasteiger charge is -2.32. The molecule has 24 heavy (non-hydrogen) atoms. The lowest BCUT2D eigenvalue weighted by atomic mass is 10.1. The molecule has 2 N–H and O–H groups in total. The van der Waals surface area contributed by atoms with Gasteiger partial charge in [0.2, 0.25) is 0 Å². The molecule has 1 aliphatic heterocycles. The van der Waals surface area contributed by atoms with E-state index in [0.717, 1.165) is 42.3 Å². The maximum absolute atomic E-state index is 9.89. The second kappa shape index (κ2) is 8.28. The van der Waals surface area contributed by atoms with Crippen molar-refractivity contribution in [3.63, 3.8) is 0 Å². The molecule has 6 heteroatoms. The highest BCUT2D eigenvalue weighted by molar-refractivity contribution is 5.47. The van der Waals surface area contributed by atoms with Crippen LogP contribution in [0.25, 0.3) is 0 Å². The standard InChI is InChI=1S/C18H25N3O3/c1-23-13-17-7-6-16(24-17)11-19-10-14-4-2-8-20-18(14)21-9-3-5-15(22)12-21/h2,4,6-8,15,19,22H,3,5,9-13H2,1H3. The van der Waals surface area contributed by atoms with Gasteiger partial charge in [-0.2, -0.15) is 0 Å². The molecule has 130 valence electrons. The summed E-state index contributed by atoms with van der Waals surface area (Å²) < 4.78 is 10.7. The minimum atomic E-state index is -0.260. The summed E-state index contributed by atoms with van der Waals surface area (Å²) in [6, 6.07) is 7.93. The van der Waals surface area contributed by atoms with Crippen LogP contribution in [0.3, 0.4) is 0 Å². The predicted molar refractivity (Wildman–Crippen MR) is 91.7 cm³/mol. The van der Waals surface area contributed by atoms with Gasteiger partial charge in [0.1, 0.15) is 23.9 Å². The molecule has 1 aliphatic rings. The van der Waals surface area contributed by atoms with Crippen LogP contribution in [-0.2, 0) is 24.4 Å². The highest BCUT2D eigenvalue weighted by atomic mass is 16.5. The average molecular weight is 331 g/mol. The summed E-state index contributed by atoms with van der Waals surface area (Å²) in [7, 11) is 1.65. The molecule has 1 fully saturated rings. The Morgan fingerprint density at radius 1 is 1.33 bits per heavy atom.